The summed E-state index contributed by atoms with van der Waals surface area (Å²) in [6.07, 6.45) is 5.32. The summed E-state index contributed by atoms with van der Waals surface area (Å²) >= 11 is 2.34. The van der Waals surface area contributed by atoms with Crippen LogP contribution in [0.1, 0.15) is 36.3 Å². The van der Waals surface area contributed by atoms with E-state index in [2.05, 4.69) is 40.8 Å². The molecule has 74 valence electrons. The van der Waals surface area contributed by atoms with E-state index in [0.29, 0.717) is 12.3 Å². The van der Waals surface area contributed by atoms with E-state index in [1.165, 1.54) is 34.0 Å². The van der Waals surface area contributed by atoms with Gasteiger partial charge in [0.05, 0.1) is 0 Å². The molecule has 1 atom stereocenters. The Morgan fingerprint density at radius 2 is 2.36 bits per heavy atom. The molecule has 2 heteroatoms. The van der Waals surface area contributed by atoms with Crippen molar-refractivity contribution in [3.8, 4) is 0 Å². The first-order valence-corrected chi connectivity index (χ1v) is 6.11. The van der Waals surface area contributed by atoms with Crippen LogP contribution in [0.4, 0.5) is 0 Å². The zero-order chi connectivity index (χ0) is 9.97. The summed E-state index contributed by atoms with van der Waals surface area (Å²) in [7, 11) is 0. The third-order valence-corrected chi connectivity index (χ3v) is 3.60. The molecule has 0 unspecified atom stereocenters. The predicted octanol–water partition coefficient (Wildman–Crippen LogP) is 3.30. The molecule has 0 spiro atoms. The number of halogens is 1. The maximum absolute atomic E-state index is 10.5. The maximum Gasteiger partial charge on any atom is 0.120 e. The van der Waals surface area contributed by atoms with Crippen molar-refractivity contribution in [3.63, 3.8) is 0 Å². The van der Waals surface area contributed by atoms with Gasteiger partial charge >= 0.3 is 0 Å². The number of benzene rings is 1. The van der Waals surface area contributed by atoms with Crippen LogP contribution in [0.5, 0.6) is 0 Å². The molecule has 0 amide bonds. The van der Waals surface area contributed by atoms with Crippen molar-refractivity contribution in [2.24, 2.45) is 0 Å². The summed E-state index contributed by atoms with van der Waals surface area (Å²) in [5.41, 5.74) is 2.86. The fourth-order valence-corrected chi connectivity index (χ4v) is 2.80. The maximum atomic E-state index is 10.5. The largest absolute Gasteiger partial charge is 0.303 e. The second-order valence-electron chi connectivity index (χ2n) is 3.83. The second kappa shape index (κ2) is 4.43. The SMILES string of the molecule is O=CC[C@@H]1CCCc2cc(I)ccc21. The molecule has 1 aliphatic rings. The molecule has 14 heavy (non-hydrogen) atoms. The van der Waals surface area contributed by atoms with Gasteiger partial charge in [-0.1, -0.05) is 6.07 Å². The zero-order valence-corrected chi connectivity index (χ0v) is 10.2. The van der Waals surface area contributed by atoms with Crippen LogP contribution in [-0.4, -0.2) is 6.29 Å². The highest BCUT2D eigenvalue weighted by molar-refractivity contribution is 14.1. The molecule has 0 saturated carbocycles. The molecule has 1 aromatic rings. The molecule has 0 fully saturated rings. The van der Waals surface area contributed by atoms with E-state index in [1.807, 2.05) is 0 Å². The van der Waals surface area contributed by atoms with Gasteiger partial charge < -0.3 is 4.79 Å². The molecule has 0 radical (unpaired) electrons. The van der Waals surface area contributed by atoms with E-state index < -0.39 is 0 Å². The Hall–Kier alpha value is -0.380. The molecule has 0 saturated heterocycles. The molecule has 0 N–H and O–H groups in total. The van der Waals surface area contributed by atoms with Crippen LogP contribution in [0.15, 0.2) is 18.2 Å². The van der Waals surface area contributed by atoms with Crippen molar-refractivity contribution in [1.29, 1.82) is 0 Å². The van der Waals surface area contributed by atoms with E-state index in [1.54, 1.807) is 0 Å². The lowest BCUT2D eigenvalue weighted by Gasteiger charge is -2.24. The first kappa shape index (κ1) is 10.1. The van der Waals surface area contributed by atoms with E-state index in [9.17, 15) is 4.79 Å². The number of fused-ring (bicyclic) bond motifs is 1. The van der Waals surface area contributed by atoms with E-state index in [0.717, 1.165) is 6.29 Å². The fraction of sp³-hybridized carbons (Fsp3) is 0.417. The molecule has 0 aliphatic heterocycles. The summed E-state index contributed by atoms with van der Waals surface area (Å²) in [6.45, 7) is 0. The Kier molecular flexibility index (Phi) is 3.21. The van der Waals surface area contributed by atoms with Gasteiger partial charge in [-0.05, 0) is 71.0 Å². The van der Waals surface area contributed by atoms with Crippen molar-refractivity contribution < 1.29 is 4.79 Å². The van der Waals surface area contributed by atoms with Crippen molar-refractivity contribution in [2.75, 3.05) is 0 Å². The monoisotopic (exact) mass is 300 g/mol. The number of aldehydes is 1. The average Bonchev–Trinajstić information content (AvgIpc) is 2.18. The summed E-state index contributed by atoms with van der Waals surface area (Å²) in [4.78, 5) is 10.5. The fourth-order valence-electron chi connectivity index (χ4n) is 2.24. The third kappa shape index (κ3) is 2.00. The van der Waals surface area contributed by atoms with Gasteiger partial charge in [-0.25, -0.2) is 0 Å². The van der Waals surface area contributed by atoms with Gasteiger partial charge in [0.2, 0.25) is 0 Å². The highest BCUT2D eigenvalue weighted by Gasteiger charge is 2.19. The topological polar surface area (TPSA) is 17.1 Å². The minimum Gasteiger partial charge on any atom is -0.303 e. The smallest absolute Gasteiger partial charge is 0.120 e. The van der Waals surface area contributed by atoms with Crippen LogP contribution in [0.25, 0.3) is 0 Å². The molecule has 0 bridgehead atoms. The average molecular weight is 300 g/mol. The first-order chi connectivity index (χ1) is 6.81. The van der Waals surface area contributed by atoms with Gasteiger partial charge in [-0.2, -0.15) is 0 Å². The van der Waals surface area contributed by atoms with E-state index in [-0.39, 0.29) is 0 Å². The van der Waals surface area contributed by atoms with Crippen molar-refractivity contribution in [1.82, 2.24) is 0 Å². The minimum atomic E-state index is 0.480. The predicted molar refractivity (Wildman–Crippen MR) is 65.5 cm³/mol. The normalized spacial score (nSPS) is 20.2. The molecular formula is C12H13IO. The Labute approximate surface area is 98.0 Å². The summed E-state index contributed by atoms with van der Waals surface area (Å²) in [5, 5.41) is 0. The quantitative estimate of drug-likeness (QED) is 0.605. The van der Waals surface area contributed by atoms with Gasteiger partial charge in [-0.3, -0.25) is 0 Å². The van der Waals surface area contributed by atoms with E-state index in [4.69, 9.17) is 0 Å². The summed E-state index contributed by atoms with van der Waals surface area (Å²) in [6, 6.07) is 6.60. The summed E-state index contributed by atoms with van der Waals surface area (Å²) < 4.78 is 1.30. The van der Waals surface area contributed by atoms with Crippen LogP contribution in [0.3, 0.4) is 0 Å². The number of carbonyl (C=O) groups excluding carboxylic acids is 1. The zero-order valence-electron chi connectivity index (χ0n) is 8.00. The number of carbonyl (C=O) groups is 1. The van der Waals surface area contributed by atoms with Gasteiger partial charge in [-0.15, -0.1) is 0 Å². The molecule has 2 rings (SSSR count). The number of hydrogen-bond donors (Lipinski definition) is 0. The van der Waals surface area contributed by atoms with Crippen molar-refractivity contribution in [2.45, 2.75) is 31.6 Å². The van der Waals surface area contributed by atoms with Crippen LogP contribution >= 0.6 is 22.6 Å². The minimum absolute atomic E-state index is 0.480. The highest BCUT2D eigenvalue weighted by Crippen LogP contribution is 2.33. The highest BCUT2D eigenvalue weighted by atomic mass is 127. The van der Waals surface area contributed by atoms with Gasteiger partial charge in [0.25, 0.3) is 0 Å². The third-order valence-electron chi connectivity index (χ3n) is 2.92. The van der Waals surface area contributed by atoms with Crippen LogP contribution in [-0.2, 0) is 11.2 Å². The lowest BCUT2D eigenvalue weighted by molar-refractivity contribution is -0.108. The second-order valence-corrected chi connectivity index (χ2v) is 5.08. The molecule has 1 nitrogen and oxygen atoms in total. The van der Waals surface area contributed by atoms with Crippen LogP contribution in [0, 0.1) is 3.57 Å². The number of aryl methyl sites for hydroxylation is 1. The lowest BCUT2D eigenvalue weighted by Crippen LogP contribution is -2.10. The summed E-state index contributed by atoms with van der Waals surface area (Å²) in [5.74, 6) is 0.480. The van der Waals surface area contributed by atoms with E-state index >= 15 is 0 Å². The van der Waals surface area contributed by atoms with Gasteiger partial charge in [0, 0.05) is 9.99 Å². The van der Waals surface area contributed by atoms with Crippen LogP contribution in [0.2, 0.25) is 0 Å². The Morgan fingerprint density at radius 1 is 1.50 bits per heavy atom. The molecule has 1 aliphatic carbocycles. The Bertz CT molecular complexity index is 346. The Balaban J connectivity index is 2.34. The van der Waals surface area contributed by atoms with Gasteiger partial charge in [0.15, 0.2) is 0 Å². The number of rotatable bonds is 2. The first-order valence-electron chi connectivity index (χ1n) is 5.03. The standard InChI is InChI=1S/C12H13IO/c13-11-4-5-12-9(6-7-14)2-1-3-10(12)8-11/h4-5,7-9H,1-3,6H2/t9-/m0/s1. The number of hydrogen-bond acceptors (Lipinski definition) is 1. The van der Waals surface area contributed by atoms with Crippen LogP contribution < -0.4 is 0 Å². The molecule has 0 heterocycles. The van der Waals surface area contributed by atoms with Gasteiger partial charge in [0.1, 0.15) is 6.29 Å². The molecule has 0 aromatic heterocycles. The lowest BCUT2D eigenvalue weighted by atomic mass is 9.81. The molecule has 1 aromatic carbocycles. The van der Waals surface area contributed by atoms with Crippen molar-refractivity contribution >= 4 is 28.9 Å². The Morgan fingerprint density at radius 3 is 3.14 bits per heavy atom. The van der Waals surface area contributed by atoms with Crippen molar-refractivity contribution in [3.05, 3.63) is 32.9 Å². The molecular weight excluding hydrogens is 287 g/mol.